The number of hydrogen-bond acceptors (Lipinski definition) is 5. The van der Waals surface area contributed by atoms with Gasteiger partial charge in [-0.25, -0.2) is 0 Å². The van der Waals surface area contributed by atoms with E-state index in [0.29, 0.717) is 0 Å². The molecule has 0 spiro atoms. The molecule has 5 heteroatoms. The summed E-state index contributed by atoms with van der Waals surface area (Å²) >= 11 is 0. The van der Waals surface area contributed by atoms with Gasteiger partial charge in [-0.05, 0) is 63.2 Å². The molecule has 0 amide bonds. The summed E-state index contributed by atoms with van der Waals surface area (Å²) in [6, 6.07) is 1.66. The highest BCUT2D eigenvalue weighted by atomic mass is 16.3. The van der Waals surface area contributed by atoms with E-state index in [1.165, 1.54) is 77.5 Å². The number of aliphatic hydroxyl groups excluding tert-OH is 1. The molecule has 0 aromatic rings. The van der Waals surface area contributed by atoms with Gasteiger partial charge in [0, 0.05) is 77.5 Å². The van der Waals surface area contributed by atoms with Crippen molar-refractivity contribution in [3.8, 4) is 0 Å². The van der Waals surface area contributed by atoms with Gasteiger partial charge in [0.15, 0.2) is 0 Å². The van der Waals surface area contributed by atoms with E-state index in [1.54, 1.807) is 0 Å². The van der Waals surface area contributed by atoms with Crippen LogP contribution in [0.5, 0.6) is 0 Å². The minimum absolute atomic E-state index is 0.200. The summed E-state index contributed by atoms with van der Waals surface area (Å²) < 4.78 is 0. The largest absolute Gasteiger partial charge is 0.390 e. The van der Waals surface area contributed by atoms with Gasteiger partial charge < -0.3 is 5.11 Å². The first-order valence-electron chi connectivity index (χ1n) is 13.2. The van der Waals surface area contributed by atoms with Crippen molar-refractivity contribution in [3.63, 3.8) is 0 Å². The fraction of sp³-hybridized carbons (Fsp3) is 1.00. The van der Waals surface area contributed by atoms with E-state index in [4.69, 9.17) is 0 Å². The normalized spacial score (nSPS) is 37.3. The molecule has 2 heterocycles. The van der Waals surface area contributed by atoms with Crippen LogP contribution in [0.25, 0.3) is 0 Å². The molecule has 2 saturated carbocycles. The SMILES string of the molecule is CC1CCC(N2CCN(CC(O)CN3CCN(C4CCC(C)CC4)CC3)CC2)CC1. The third-order valence-electron chi connectivity index (χ3n) is 8.76. The Morgan fingerprint density at radius 1 is 0.567 bits per heavy atom. The minimum atomic E-state index is -0.200. The molecule has 5 nitrogen and oxygen atoms in total. The van der Waals surface area contributed by atoms with Gasteiger partial charge in [0.25, 0.3) is 0 Å². The van der Waals surface area contributed by atoms with Crippen LogP contribution in [0.3, 0.4) is 0 Å². The minimum Gasteiger partial charge on any atom is -0.390 e. The molecule has 30 heavy (non-hydrogen) atoms. The quantitative estimate of drug-likeness (QED) is 0.714. The maximum Gasteiger partial charge on any atom is 0.0793 e. The molecule has 0 aromatic heterocycles. The van der Waals surface area contributed by atoms with Gasteiger partial charge in [0.2, 0.25) is 0 Å². The van der Waals surface area contributed by atoms with Gasteiger partial charge in [-0.2, -0.15) is 0 Å². The van der Waals surface area contributed by atoms with Gasteiger partial charge in [0.05, 0.1) is 6.10 Å². The van der Waals surface area contributed by atoms with Gasteiger partial charge in [-0.3, -0.25) is 19.6 Å². The number of β-amino-alcohol motifs (C(OH)–C–C–N with tert-alkyl or cyclic N) is 1. The van der Waals surface area contributed by atoms with Crippen LogP contribution in [0.1, 0.15) is 65.2 Å². The maximum absolute atomic E-state index is 10.7. The lowest BCUT2D eigenvalue weighted by atomic mass is 9.86. The Morgan fingerprint density at radius 2 is 0.900 bits per heavy atom. The molecule has 1 N–H and O–H groups in total. The summed E-state index contributed by atoms with van der Waals surface area (Å²) in [6.07, 6.45) is 11.0. The van der Waals surface area contributed by atoms with Crippen LogP contribution < -0.4 is 0 Å². The highest BCUT2D eigenvalue weighted by molar-refractivity contribution is 4.85. The molecule has 2 aliphatic heterocycles. The predicted octanol–water partition coefficient (Wildman–Crippen LogP) is 2.74. The highest BCUT2D eigenvalue weighted by Crippen LogP contribution is 2.28. The fourth-order valence-electron chi connectivity index (χ4n) is 6.49. The molecule has 2 saturated heterocycles. The summed E-state index contributed by atoms with van der Waals surface area (Å²) in [7, 11) is 0. The molecule has 174 valence electrons. The second-order valence-corrected chi connectivity index (χ2v) is 11.2. The molecule has 4 rings (SSSR count). The van der Waals surface area contributed by atoms with Crippen molar-refractivity contribution < 1.29 is 5.11 Å². The molecule has 4 aliphatic rings. The number of aliphatic hydroxyl groups is 1. The topological polar surface area (TPSA) is 33.2 Å². The third kappa shape index (κ3) is 6.41. The van der Waals surface area contributed by atoms with Crippen LogP contribution in [0.15, 0.2) is 0 Å². The van der Waals surface area contributed by atoms with E-state index in [2.05, 4.69) is 33.4 Å². The maximum atomic E-state index is 10.7. The zero-order valence-electron chi connectivity index (χ0n) is 19.9. The molecule has 2 aliphatic carbocycles. The smallest absolute Gasteiger partial charge is 0.0793 e. The lowest BCUT2D eigenvalue weighted by Crippen LogP contribution is -2.55. The summed E-state index contributed by atoms with van der Waals surface area (Å²) in [6.45, 7) is 15.9. The summed E-state index contributed by atoms with van der Waals surface area (Å²) in [5.74, 6) is 1.87. The van der Waals surface area contributed by atoms with Crippen LogP contribution in [-0.2, 0) is 0 Å². The molecular formula is C25H48N4O. The van der Waals surface area contributed by atoms with Gasteiger partial charge in [-0.1, -0.05) is 13.8 Å². The van der Waals surface area contributed by atoms with Crippen LogP contribution >= 0.6 is 0 Å². The Balaban J connectivity index is 1.10. The van der Waals surface area contributed by atoms with Crippen molar-refractivity contribution in [3.05, 3.63) is 0 Å². The third-order valence-corrected chi connectivity index (χ3v) is 8.76. The molecule has 0 aromatic carbocycles. The molecule has 0 radical (unpaired) electrons. The Bertz CT molecular complexity index is 441. The molecule has 4 fully saturated rings. The molecule has 0 atom stereocenters. The summed E-state index contributed by atoms with van der Waals surface area (Å²) in [4.78, 5) is 10.5. The average Bonchev–Trinajstić information content (AvgIpc) is 2.76. The van der Waals surface area contributed by atoms with E-state index < -0.39 is 0 Å². The monoisotopic (exact) mass is 420 g/mol. The molecular weight excluding hydrogens is 372 g/mol. The first kappa shape index (κ1) is 23.0. The second kappa shape index (κ2) is 11.1. The Hall–Kier alpha value is -0.200. The first-order chi connectivity index (χ1) is 14.6. The van der Waals surface area contributed by atoms with E-state index in [9.17, 15) is 5.11 Å². The zero-order valence-corrected chi connectivity index (χ0v) is 19.9. The number of rotatable bonds is 6. The van der Waals surface area contributed by atoms with E-state index in [1.807, 2.05) is 0 Å². The van der Waals surface area contributed by atoms with Crippen molar-refractivity contribution in [2.24, 2.45) is 11.8 Å². The summed E-state index contributed by atoms with van der Waals surface area (Å²) in [5, 5.41) is 10.7. The lowest BCUT2D eigenvalue weighted by Gasteiger charge is -2.43. The van der Waals surface area contributed by atoms with Gasteiger partial charge in [0.1, 0.15) is 0 Å². The molecule has 0 bridgehead atoms. The second-order valence-electron chi connectivity index (χ2n) is 11.2. The van der Waals surface area contributed by atoms with Crippen LogP contribution in [0.2, 0.25) is 0 Å². The van der Waals surface area contributed by atoms with Crippen LogP contribution in [0.4, 0.5) is 0 Å². The van der Waals surface area contributed by atoms with Gasteiger partial charge in [-0.15, -0.1) is 0 Å². The van der Waals surface area contributed by atoms with Crippen molar-refractivity contribution >= 4 is 0 Å². The first-order valence-corrected chi connectivity index (χ1v) is 13.2. The Kier molecular flexibility index (Phi) is 8.49. The van der Waals surface area contributed by atoms with Crippen molar-refractivity contribution in [1.29, 1.82) is 0 Å². The zero-order chi connectivity index (χ0) is 20.9. The number of piperazine rings is 2. The van der Waals surface area contributed by atoms with E-state index in [0.717, 1.165) is 63.2 Å². The molecule has 0 unspecified atom stereocenters. The van der Waals surface area contributed by atoms with Crippen molar-refractivity contribution in [2.75, 3.05) is 65.4 Å². The average molecular weight is 421 g/mol. The highest BCUT2D eigenvalue weighted by Gasteiger charge is 2.29. The van der Waals surface area contributed by atoms with Crippen molar-refractivity contribution in [2.45, 2.75) is 83.4 Å². The number of nitrogens with zero attached hydrogens (tertiary/aromatic N) is 4. The summed E-state index contributed by atoms with van der Waals surface area (Å²) in [5.41, 5.74) is 0. The van der Waals surface area contributed by atoms with Crippen LogP contribution in [0, 0.1) is 11.8 Å². The Morgan fingerprint density at radius 3 is 1.23 bits per heavy atom. The van der Waals surface area contributed by atoms with Crippen LogP contribution in [-0.4, -0.2) is 108 Å². The fourth-order valence-corrected chi connectivity index (χ4v) is 6.49. The van der Waals surface area contributed by atoms with E-state index >= 15 is 0 Å². The Labute approximate surface area is 185 Å². The number of hydrogen-bond donors (Lipinski definition) is 1. The van der Waals surface area contributed by atoms with Gasteiger partial charge >= 0.3 is 0 Å². The standard InChI is InChI=1S/C25H48N4O/c1-21-3-7-23(8-4-21)28-15-11-26(12-16-28)19-25(30)20-27-13-17-29(18-14-27)24-9-5-22(2)6-10-24/h21-25,30H,3-20H2,1-2H3. The van der Waals surface area contributed by atoms with E-state index in [-0.39, 0.29) is 6.10 Å². The lowest BCUT2D eigenvalue weighted by molar-refractivity contribution is 0.0159. The predicted molar refractivity (Wildman–Crippen MR) is 125 cm³/mol. The van der Waals surface area contributed by atoms with Crippen molar-refractivity contribution in [1.82, 2.24) is 19.6 Å².